The van der Waals surface area contributed by atoms with Crippen LogP contribution >= 0.6 is 11.6 Å². The second-order valence-corrected chi connectivity index (χ2v) is 5.43. The van der Waals surface area contributed by atoms with Gasteiger partial charge in [-0.25, -0.2) is 4.98 Å². The minimum absolute atomic E-state index is 0.0518. The number of carbonyl (C=O) groups is 2. The monoisotopic (exact) mass is 317 g/mol. The summed E-state index contributed by atoms with van der Waals surface area (Å²) in [6.07, 6.45) is 1.41. The van der Waals surface area contributed by atoms with Crippen molar-refractivity contribution in [2.24, 2.45) is 5.92 Å². The van der Waals surface area contributed by atoms with Gasteiger partial charge in [0.1, 0.15) is 5.15 Å². The van der Waals surface area contributed by atoms with Crippen molar-refractivity contribution in [1.29, 1.82) is 0 Å². The van der Waals surface area contributed by atoms with E-state index in [1.165, 1.54) is 6.20 Å². The number of carbonyl (C=O) groups excluding carboxylic acids is 2. The number of rotatable bonds is 4. The van der Waals surface area contributed by atoms with Crippen LogP contribution in [-0.2, 0) is 4.79 Å². The molecular weight excluding hydrogens is 302 g/mol. The second-order valence-electron chi connectivity index (χ2n) is 5.05. The molecule has 2 aromatic rings. The third-order valence-electron chi connectivity index (χ3n) is 2.92. The van der Waals surface area contributed by atoms with E-state index in [0.29, 0.717) is 22.1 Å². The van der Waals surface area contributed by atoms with Crippen molar-refractivity contribution in [2.75, 3.05) is 10.6 Å². The third kappa shape index (κ3) is 4.30. The van der Waals surface area contributed by atoms with Gasteiger partial charge in [0, 0.05) is 23.5 Å². The first-order valence-electron chi connectivity index (χ1n) is 6.79. The van der Waals surface area contributed by atoms with E-state index in [1.54, 1.807) is 36.4 Å². The summed E-state index contributed by atoms with van der Waals surface area (Å²) in [5, 5.41) is 5.86. The van der Waals surface area contributed by atoms with Crippen LogP contribution in [0.5, 0.6) is 0 Å². The SMILES string of the molecule is CC(C)C(=O)Nc1ccc(NC(=O)c2ccc(Cl)nc2)cc1. The lowest BCUT2D eigenvalue weighted by Gasteiger charge is -2.09. The lowest BCUT2D eigenvalue weighted by Crippen LogP contribution is -2.17. The first kappa shape index (κ1) is 16.0. The zero-order chi connectivity index (χ0) is 16.1. The average molecular weight is 318 g/mol. The van der Waals surface area contributed by atoms with Crippen LogP contribution in [0.15, 0.2) is 42.6 Å². The van der Waals surface area contributed by atoms with Crippen LogP contribution < -0.4 is 10.6 Å². The van der Waals surface area contributed by atoms with Crippen LogP contribution in [0.2, 0.25) is 5.15 Å². The Hall–Kier alpha value is -2.40. The van der Waals surface area contributed by atoms with Gasteiger partial charge in [0.2, 0.25) is 5.91 Å². The molecule has 2 amide bonds. The van der Waals surface area contributed by atoms with Crippen LogP contribution in [0, 0.1) is 5.92 Å². The van der Waals surface area contributed by atoms with Crippen molar-refractivity contribution in [3.8, 4) is 0 Å². The van der Waals surface area contributed by atoms with E-state index in [-0.39, 0.29) is 17.7 Å². The van der Waals surface area contributed by atoms with Crippen molar-refractivity contribution in [3.05, 3.63) is 53.3 Å². The highest BCUT2D eigenvalue weighted by molar-refractivity contribution is 6.29. The molecule has 0 aliphatic heterocycles. The van der Waals surface area contributed by atoms with Gasteiger partial charge in [-0.05, 0) is 36.4 Å². The number of benzene rings is 1. The van der Waals surface area contributed by atoms with Crippen LogP contribution in [0.25, 0.3) is 0 Å². The molecule has 0 fully saturated rings. The summed E-state index contributed by atoms with van der Waals surface area (Å²) in [6, 6.07) is 10.1. The van der Waals surface area contributed by atoms with Crippen molar-refractivity contribution < 1.29 is 9.59 Å². The van der Waals surface area contributed by atoms with E-state index < -0.39 is 0 Å². The zero-order valence-electron chi connectivity index (χ0n) is 12.3. The number of hydrogen-bond acceptors (Lipinski definition) is 3. The number of aromatic nitrogens is 1. The van der Waals surface area contributed by atoms with E-state index >= 15 is 0 Å². The quantitative estimate of drug-likeness (QED) is 0.847. The smallest absolute Gasteiger partial charge is 0.257 e. The molecule has 5 nitrogen and oxygen atoms in total. The Balaban J connectivity index is 2.00. The molecule has 114 valence electrons. The number of amides is 2. The Morgan fingerprint density at radius 2 is 1.59 bits per heavy atom. The molecule has 2 N–H and O–H groups in total. The molecule has 0 aliphatic carbocycles. The summed E-state index contributed by atoms with van der Waals surface area (Å²) in [7, 11) is 0. The van der Waals surface area contributed by atoms with Crippen molar-refractivity contribution in [1.82, 2.24) is 4.98 Å². The Morgan fingerprint density at radius 1 is 1.00 bits per heavy atom. The number of nitrogens with zero attached hydrogens (tertiary/aromatic N) is 1. The number of pyridine rings is 1. The average Bonchev–Trinajstić information content (AvgIpc) is 2.49. The zero-order valence-corrected chi connectivity index (χ0v) is 13.0. The Morgan fingerprint density at radius 3 is 2.09 bits per heavy atom. The topological polar surface area (TPSA) is 71.1 Å². The van der Waals surface area contributed by atoms with Crippen LogP contribution in [0.3, 0.4) is 0 Å². The molecule has 22 heavy (non-hydrogen) atoms. The summed E-state index contributed by atoms with van der Waals surface area (Å²) in [5.41, 5.74) is 1.73. The van der Waals surface area contributed by atoms with Crippen LogP contribution in [0.4, 0.5) is 11.4 Å². The molecule has 1 heterocycles. The highest BCUT2D eigenvalue weighted by Gasteiger charge is 2.08. The van der Waals surface area contributed by atoms with Crippen molar-refractivity contribution in [2.45, 2.75) is 13.8 Å². The molecule has 0 radical (unpaired) electrons. The van der Waals surface area contributed by atoms with E-state index in [4.69, 9.17) is 11.6 Å². The van der Waals surface area contributed by atoms with Gasteiger partial charge >= 0.3 is 0 Å². The maximum absolute atomic E-state index is 12.0. The molecule has 0 saturated heterocycles. The molecule has 0 unspecified atom stereocenters. The highest BCUT2D eigenvalue weighted by atomic mass is 35.5. The summed E-state index contributed by atoms with van der Waals surface area (Å²) in [4.78, 5) is 27.5. The maximum atomic E-state index is 12.0. The first-order valence-corrected chi connectivity index (χ1v) is 7.17. The normalized spacial score (nSPS) is 10.4. The fourth-order valence-corrected chi connectivity index (χ4v) is 1.75. The molecule has 6 heteroatoms. The number of halogens is 1. The summed E-state index contributed by atoms with van der Waals surface area (Å²) >= 11 is 5.68. The van der Waals surface area contributed by atoms with Gasteiger partial charge < -0.3 is 10.6 Å². The van der Waals surface area contributed by atoms with E-state index in [1.807, 2.05) is 13.8 Å². The minimum Gasteiger partial charge on any atom is -0.326 e. The van der Waals surface area contributed by atoms with Crippen molar-refractivity contribution >= 4 is 34.8 Å². The maximum Gasteiger partial charge on any atom is 0.257 e. The summed E-state index contributed by atoms with van der Waals surface area (Å²) in [6.45, 7) is 3.65. The Labute approximate surface area is 133 Å². The second kappa shape index (κ2) is 7.04. The molecule has 0 aliphatic rings. The van der Waals surface area contributed by atoms with Gasteiger partial charge in [0.05, 0.1) is 5.56 Å². The molecule has 0 spiro atoms. The Bertz CT molecular complexity index is 667. The molecule has 0 atom stereocenters. The van der Waals surface area contributed by atoms with Gasteiger partial charge in [-0.2, -0.15) is 0 Å². The molecular formula is C16H16ClN3O2. The number of anilines is 2. The molecule has 2 rings (SSSR count). The summed E-state index contributed by atoms with van der Waals surface area (Å²) in [5.74, 6) is -0.413. The Kier molecular flexibility index (Phi) is 5.12. The van der Waals surface area contributed by atoms with E-state index in [9.17, 15) is 9.59 Å². The van der Waals surface area contributed by atoms with Gasteiger partial charge in [0.15, 0.2) is 0 Å². The fraction of sp³-hybridized carbons (Fsp3) is 0.188. The highest BCUT2D eigenvalue weighted by Crippen LogP contribution is 2.15. The minimum atomic E-state index is -0.275. The van der Waals surface area contributed by atoms with Crippen LogP contribution in [-0.4, -0.2) is 16.8 Å². The number of hydrogen-bond donors (Lipinski definition) is 2. The molecule has 0 bridgehead atoms. The van der Waals surface area contributed by atoms with E-state index in [0.717, 1.165) is 0 Å². The van der Waals surface area contributed by atoms with Gasteiger partial charge in [-0.15, -0.1) is 0 Å². The third-order valence-corrected chi connectivity index (χ3v) is 3.15. The van der Waals surface area contributed by atoms with Crippen LogP contribution in [0.1, 0.15) is 24.2 Å². The predicted octanol–water partition coefficient (Wildman–Crippen LogP) is 3.58. The lowest BCUT2D eigenvalue weighted by atomic mass is 10.2. The largest absolute Gasteiger partial charge is 0.326 e. The number of nitrogens with one attached hydrogen (secondary N) is 2. The molecule has 0 saturated carbocycles. The standard InChI is InChI=1S/C16H16ClN3O2/c1-10(2)15(21)19-12-4-6-13(7-5-12)20-16(22)11-3-8-14(17)18-9-11/h3-10H,1-2H3,(H,19,21)(H,20,22). The van der Waals surface area contributed by atoms with Crippen molar-refractivity contribution in [3.63, 3.8) is 0 Å². The fourth-order valence-electron chi connectivity index (χ4n) is 1.64. The van der Waals surface area contributed by atoms with E-state index in [2.05, 4.69) is 15.6 Å². The molecule has 1 aromatic heterocycles. The summed E-state index contributed by atoms with van der Waals surface area (Å²) < 4.78 is 0. The van der Waals surface area contributed by atoms with Gasteiger partial charge in [0.25, 0.3) is 5.91 Å². The first-order chi connectivity index (χ1) is 10.5. The lowest BCUT2D eigenvalue weighted by molar-refractivity contribution is -0.118. The molecule has 1 aromatic carbocycles. The van der Waals surface area contributed by atoms with Gasteiger partial charge in [-0.1, -0.05) is 25.4 Å². The predicted molar refractivity (Wildman–Crippen MR) is 87.1 cm³/mol. The van der Waals surface area contributed by atoms with Gasteiger partial charge in [-0.3, -0.25) is 9.59 Å².